The third-order valence-electron chi connectivity index (χ3n) is 3.77. The minimum absolute atomic E-state index is 0.217. The lowest BCUT2D eigenvalue weighted by Gasteiger charge is -2.19. The number of hydrogen-bond donors (Lipinski definition) is 1. The molecule has 2 heteroatoms. The zero-order chi connectivity index (χ0) is 14.2. The van der Waals surface area contributed by atoms with E-state index in [9.17, 15) is 4.39 Å². The molecule has 1 nitrogen and oxygen atoms in total. The van der Waals surface area contributed by atoms with Crippen LogP contribution in [0.4, 0.5) is 4.39 Å². The Morgan fingerprint density at radius 1 is 1.00 bits per heavy atom. The van der Waals surface area contributed by atoms with Gasteiger partial charge in [0.2, 0.25) is 0 Å². The van der Waals surface area contributed by atoms with Crippen molar-refractivity contribution in [2.75, 3.05) is 0 Å². The van der Waals surface area contributed by atoms with Crippen molar-refractivity contribution >= 4 is 0 Å². The van der Waals surface area contributed by atoms with E-state index in [4.69, 9.17) is 5.73 Å². The van der Waals surface area contributed by atoms with E-state index in [1.165, 1.54) is 5.56 Å². The highest BCUT2D eigenvalue weighted by Gasteiger charge is 2.18. The summed E-state index contributed by atoms with van der Waals surface area (Å²) in [5.41, 5.74) is 12.0. The van der Waals surface area contributed by atoms with Crippen LogP contribution in [0, 0.1) is 33.5 Å². The normalized spacial score (nSPS) is 12.5. The van der Waals surface area contributed by atoms with E-state index < -0.39 is 6.04 Å². The van der Waals surface area contributed by atoms with E-state index in [2.05, 4.69) is 0 Å². The molecule has 2 rings (SSSR count). The third kappa shape index (κ3) is 2.54. The fraction of sp³-hybridized carbons (Fsp3) is 0.294. The summed E-state index contributed by atoms with van der Waals surface area (Å²) in [6.07, 6.45) is 0. The van der Waals surface area contributed by atoms with Gasteiger partial charge in [0.1, 0.15) is 5.82 Å². The van der Waals surface area contributed by atoms with Crippen molar-refractivity contribution in [3.05, 3.63) is 69.5 Å². The van der Waals surface area contributed by atoms with Crippen LogP contribution in [-0.2, 0) is 0 Å². The first-order chi connectivity index (χ1) is 8.91. The monoisotopic (exact) mass is 257 g/mol. The van der Waals surface area contributed by atoms with Gasteiger partial charge in [-0.1, -0.05) is 24.3 Å². The van der Waals surface area contributed by atoms with E-state index in [0.717, 1.165) is 22.3 Å². The fourth-order valence-electron chi connectivity index (χ4n) is 2.59. The highest BCUT2D eigenvalue weighted by molar-refractivity contribution is 5.44. The largest absolute Gasteiger partial charge is 0.320 e. The molecule has 0 fully saturated rings. The quantitative estimate of drug-likeness (QED) is 0.861. The Morgan fingerprint density at radius 3 is 2.32 bits per heavy atom. The maximum atomic E-state index is 14.2. The van der Waals surface area contributed by atoms with Crippen LogP contribution < -0.4 is 5.73 Å². The molecule has 0 aliphatic heterocycles. The average Bonchev–Trinajstić information content (AvgIpc) is 2.31. The van der Waals surface area contributed by atoms with Crippen LogP contribution in [-0.4, -0.2) is 0 Å². The summed E-state index contributed by atoms with van der Waals surface area (Å²) in [6, 6.07) is 9.10. The molecule has 2 aromatic carbocycles. The van der Waals surface area contributed by atoms with Crippen molar-refractivity contribution in [1.29, 1.82) is 0 Å². The van der Waals surface area contributed by atoms with Crippen molar-refractivity contribution < 1.29 is 4.39 Å². The molecule has 19 heavy (non-hydrogen) atoms. The predicted octanol–water partition coefficient (Wildman–Crippen LogP) is 4.11. The maximum absolute atomic E-state index is 14.2. The lowest BCUT2D eigenvalue weighted by Crippen LogP contribution is -2.17. The highest BCUT2D eigenvalue weighted by atomic mass is 19.1. The van der Waals surface area contributed by atoms with Crippen molar-refractivity contribution in [3.63, 3.8) is 0 Å². The summed E-state index contributed by atoms with van der Waals surface area (Å²) in [7, 11) is 0. The molecule has 0 radical (unpaired) electrons. The van der Waals surface area contributed by atoms with Crippen molar-refractivity contribution in [2.24, 2.45) is 5.73 Å². The summed E-state index contributed by atoms with van der Waals surface area (Å²) < 4.78 is 14.2. The topological polar surface area (TPSA) is 26.0 Å². The first-order valence-corrected chi connectivity index (χ1v) is 6.50. The smallest absolute Gasteiger partial charge is 0.128 e. The second kappa shape index (κ2) is 5.14. The molecule has 0 aliphatic rings. The number of rotatable bonds is 2. The minimum atomic E-state index is -0.416. The van der Waals surface area contributed by atoms with Crippen LogP contribution in [0.25, 0.3) is 0 Å². The van der Waals surface area contributed by atoms with Crippen LogP contribution in [0.15, 0.2) is 30.3 Å². The first kappa shape index (κ1) is 13.8. The molecular weight excluding hydrogens is 237 g/mol. The Hall–Kier alpha value is -1.67. The molecule has 0 amide bonds. The van der Waals surface area contributed by atoms with Crippen LogP contribution in [0.2, 0.25) is 0 Å². The van der Waals surface area contributed by atoms with Gasteiger partial charge in [0.25, 0.3) is 0 Å². The molecule has 0 bridgehead atoms. The Bertz CT molecular complexity index is 594. The van der Waals surface area contributed by atoms with E-state index >= 15 is 0 Å². The van der Waals surface area contributed by atoms with Gasteiger partial charge in [-0.3, -0.25) is 0 Å². The lowest BCUT2D eigenvalue weighted by molar-refractivity contribution is 0.595. The van der Waals surface area contributed by atoms with Crippen LogP contribution >= 0.6 is 0 Å². The molecule has 100 valence electrons. The number of benzene rings is 2. The summed E-state index contributed by atoms with van der Waals surface area (Å²) in [4.78, 5) is 0. The Kier molecular flexibility index (Phi) is 3.72. The molecule has 0 spiro atoms. The Labute approximate surface area is 114 Å². The SMILES string of the molecule is Cc1cc(C)c(C(N)c2cccc(C)c2C)c(F)c1. The van der Waals surface area contributed by atoms with E-state index in [0.29, 0.717) is 5.56 Å². The van der Waals surface area contributed by atoms with E-state index in [1.54, 1.807) is 6.07 Å². The molecular formula is C17H20FN. The van der Waals surface area contributed by atoms with Crippen molar-refractivity contribution in [3.8, 4) is 0 Å². The van der Waals surface area contributed by atoms with Crippen LogP contribution in [0.1, 0.15) is 39.4 Å². The lowest BCUT2D eigenvalue weighted by atomic mass is 9.90. The summed E-state index contributed by atoms with van der Waals surface area (Å²) in [6.45, 7) is 7.88. The van der Waals surface area contributed by atoms with Gasteiger partial charge < -0.3 is 5.73 Å². The molecule has 1 atom stereocenters. The van der Waals surface area contributed by atoms with Gasteiger partial charge in [-0.2, -0.15) is 0 Å². The first-order valence-electron chi connectivity index (χ1n) is 6.50. The molecule has 1 unspecified atom stereocenters. The van der Waals surface area contributed by atoms with Gasteiger partial charge in [0.15, 0.2) is 0 Å². The predicted molar refractivity (Wildman–Crippen MR) is 77.8 cm³/mol. The van der Waals surface area contributed by atoms with E-state index in [-0.39, 0.29) is 5.82 Å². The number of halogens is 1. The molecule has 0 aliphatic carbocycles. The Balaban J connectivity index is 2.56. The summed E-state index contributed by atoms with van der Waals surface area (Å²) in [5, 5.41) is 0. The van der Waals surface area contributed by atoms with Gasteiger partial charge in [0, 0.05) is 5.56 Å². The van der Waals surface area contributed by atoms with Gasteiger partial charge in [-0.15, -0.1) is 0 Å². The van der Waals surface area contributed by atoms with Crippen molar-refractivity contribution in [1.82, 2.24) is 0 Å². The zero-order valence-corrected chi connectivity index (χ0v) is 11.9. The standard InChI is InChI=1S/C17H20FN/c1-10-8-12(3)16(15(18)9-10)17(19)14-7-5-6-11(2)13(14)4/h5-9,17H,19H2,1-4H3. The number of aryl methyl sites for hydroxylation is 3. The number of nitrogens with two attached hydrogens (primary N) is 1. The molecule has 0 aromatic heterocycles. The van der Waals surface area contributed by atoms with Gasteiger partial charge in [-0.05, 0) is 61.6 Å². The minimum Gasteiger partial charge on any atom is -0.320 e. The van der Waals surface area contributed by atoms with Gasteiger partial charge in [0.05, 0.1) is 6.04 Å². The van der Waals surface area contributed by atoms with Crippen LogP contribution in [0.5, 0.6) is 0 Å². The molecule has 0 heterocycles. The second-order valence-electron chi connectivity index (χ2n) is 5.24. The zero-order valence-electron chi connectivity index (χ0n) is 11.9. The molecule has 2 N–H and O–H groups in total. The number of hydrogen-bond acceptors (Lipinski definition) is 1. The molecule has 0 saturated heterocycles. The third-order valence-corrected chi connectivity index (χ3v) is 3.77. The highest BCUT2D eigenvalue weighted by Crippen LogP contribution is 2.29. The summed E-state index contributed by atoms with van der Waals surface area (Å²) >= 11 is 0. The molecule has 0 saturated carbocycles. The van der Waals surface area contributed by atoms with Gasteiger partial charge in [-0.25, -0.2) is 4.39 Å². The fourth-order valence-corrected chi connectivity index (χ4v) is 2.59. The van der Waals surface area contributed by atoms with Crippen molar-refractivity contribution in [2.45, 2.75) is 33.7 Å². The maximum Gasteiger partial charge on any atom is 0.128 e. The summed E-state index contributed by atoms with van der Waals surface area (Å²) in [5.74, 6) is -0.217. The Morgan fingerprint density at radius 2 is 1.68 bits per heavy atom. The average molecular weight is 257 g/mol. The van der Waals surface area contributed by atoms with Crippen LogP contribution in [0.3, 0.4) is 0 Å². The van der Waals surface area contributed by atoms with E-state index in [1.807, 2.05) is 52.0 Å². The van der Waals surface area contributed by atoms with Gasteiger partial charge >= 0.3 is 0 Å². The second-order valence-corrected chi connectivity index (χ2v) is 5.24. The molecule has 2 aromatic rings.